The summed E-state index contributed by atoms with van der Waals surface area (Å²) in [5, 5.41) is 6.61. The standard InChI is InChI=1S/C16H31N3O/c1-3-4-9-19-10-6-14(7-11-19)18-16(20)15-12-13(2)5-8-17-15/h13-15,17H,3-12H2,1-2H3,(H,18,20). The van der Waals surface area contributed by atoms with Crippen molar-refractivity contribution < 1.29 is 4.79 Å². The van der Waals surface area contributed by atoms with Crippen molar-refractivity contribution in [1.82, 2.24) is 15.5 Å². The van der Waals surface area contributed by atoms with Crippen molar-refractivity contribution in [2.45, 2.75) is 64.5 Å². The molecule has 1 amide bonds. The summed E-state index contributed by atoms with van der Waals surface area (Å²) in [7, 11) is 0. The van der Waals surface area contributed by atoms with Crippen LogP contribution in [0.5, 0.6) is 0 Å². The molecule has 2 atom stereocenters. The van der Waals surface area contributed by atoms with Crippen LogP contribution in [0.1, 0.15) is 52.4 Å². The van der Waals surface area contributed by atoms with Gasteiger partial charge in [-0.3, -0.25) is 4.79 Å². The monoisotopic (exact) mass is 281 g/mol. The van der Waals surface area contributed by atoms with Gasteiger partial charge in [0.25, 0.3) is 0 Å². The van der Waals surface area contributed by atoms with Crippen molar-refractivity contribution in [3.05, 3.63) is 0 Å². The van der Waals surface area contributed by atoms with Gasteiger partial charge in [0.1, 0.15) is 0 Å². The zero-order valence-electron chi connectivity index (χ0n) is 13.2. The van der Waals surface area contributed by atoms with Crippen LogP contribution < -0.4 is 10.6 Å². The van der Waals surface area contributed by atoms with Gasteiger partial charge in [-0.25, -0.2) is 0 Å². The molecule has 4 heteroatoms. The summed E-state index contributed by atoms with van der Waals surface area (Å²) in [6, 6.07) is 0.427. The summed E-state index contributed by atoms with van der Waals surface area (Å²) < 4.78 is 0. The van der Waals surface area contributed by atoms with Crippen LogP contribution in [0.15, 0.2) is 0 Å². The molecule has 4 nitrogen and oxygen atoms in total. The second-order valence-corrected chi connectivity index (χ2v) is 6.61. The number of hydrogen-bond donors (Lipinski definition) is 2. The molecule has 20 heavy (non-hydrogen) atoms. The molecule has 116 valence electrons. The number of piperidine rings is 2. The van der Waals surface area contributed by atoms with Gasteiger partial charge >= 0.3 is 0 Å². The van der Waals surface area contributed by atoms with Crippen LogP contribution in [0.2, 0.25) is 0 Å². The van der Waals surface area contributed by atoms with E-state index in [1.165, 1.54) is 25.8 Å². The number of rotatable bonds is 5. The highest BCUT2D eigenvalue weighted by Crippen LogP contribution is 2.16. The fraction of sp³-hybridized carbons (Fsp3) is 0.938. The quantitative estimate of drug-likeness (QED) is 0.807. The third-order valence-corrected chi connectivity index (χ3v) is 4.74. The number of nitrogens with one attached hydrogen (secondary N) is 2. The molecule has 0 aromatic heterocycles. The average molecular weight is 281 g/mol. The lowest BCUT2D eigenvalue weighted by molar-refractivity contribution is -0.125. The maximum atomic E-state index is 12.3. The minimum atomic E-state index is 0.0388. The van der Waals surface area contributed by atoms with E-state index >= 15 is 0 Å². The van der Waals surface area contributed by atoms with Crippen LogP contribution in [0.25, 0.3) is 0 Å². The summed E-state index contributed by atoms with van der Waals surface area (Å²) in [5.74, 6) is 0.895. The first kappa shape index (κ1) is 15.8. The van der Waals surface area contributed by atoms with E-state index in [0.29, 0.717) is 12.0 Å². The number of carbonyl (C=O) groups is 1. The van der Waals surface area contributed by atoms with Crippen LogP contribution in [0.3, 0.4) is 0 Å². The van der Waals surface area contributed by atoms with Gasteiger partial charge in [-0.05, 0) is 51.1 Å². The number of likely N-dealkylation sites (tertiary alicyclic amines) is 1. The Hall–Kier alpha value is -0.610. The van der Waals surface area contributed by atoms with E-state index in [1.54, 1.807) is 0 Å². The number of carbonyl (C=O) groups excluding carboxylic acids is 1. The molecule has 0 aromatic rings. The van der Waals surface area contributed by atoms with Crippen molar-refractivity contribution in [3.63, 3.8) is 0 Å². The molecule has 0 spiro atoms. The Morgan fingerprint density at radius 2 is 2.05 bits per heavy atom. The fourth-order valence-corrected chi connectivity index (χ4v) is 3.29. The van der Waals surface area contributed by atoms with Crippen molar-refractivity contribution in [1.29, 1.82) is 0 Å². The lowest BCUT2D eigenvalue weighted by Gasteiger charge is -2.34. The van der Waals surface area contributed by atoms with Crippen LogP contribution in [-0.2, 0) is 4.79 Å². The van der Waals surface area contributed by atoms with E-state index in [2.05, 4.69) is 29.4 Å². The lowest BCUT2D eigenvalue weighted by Crippen LogP contribution is -2.53. The van der Waals surface area contributed by atoms with Crippen LogP contribution in [0, 0.1) is 5.92 Å². The summed E-state index contributed by atoms with van der Waals surface area (Å²) in [6.45, 7) is 8.96. The molecule has 0 saturated carbocycles. The van der Waals surface area contributed by atoms with E-state index in [-0.39, 0.29) is 11.9 Å². The lowest BCUT2D eigenvalue weighted by atomic mass is 9.93. The maximum absolute atomic E-state index is 12.3. The maximum Gasteiger partial charge on any atom is 0.237 e. The van der Waals surface area contributed by atoms with Crippen LogP contribution in [-0.4, -0.2) is 49.1 Å². The predicted octanol–water partition coefficient (Wildman–Crippen LogP) is 1.76. The van der Waals surface area contributed by atoms with Gasteiger partial charge < -0.3 is 15.5 Å². The van der Waals surface area contributed by atoms with Gasteiger partial charge in [0.2, 0.25) is 5.91 Å². The molecule has 2 heterocycles. The summed E-state index contributed by atoms with van der Waals surface area (Å²) >= 11 is 0. The van der Waals surface area contributed by atoms with E-state index < -0.39 is 0 Å². The van der Waals surface area contributed by atoms with Gasteiger partial charge in [0.05, 0.1) is 6.04 Å². The summed E-state index contributed by atoms with van der Waals surface area (Å²) in [5.41, 5.74) is 0. The van der Waals surface area contributed by atoms with E-state index in [1.807, 2.05) is 0 Å². The second kappa shape index (κ2) is 7.99. The zero-order chi connectivity index (χ0) is 14.4. The highest BCUT2D eigenvalue weighted by Gasteiger charge is 2.27. The van der Waals surface area contributed by atoms with Gasteiger partial charge in [0, 0.05) is 19.1 Å². The number of nitrogens with zero attached hydrogens (tertiary/aromatic N) is 1. The first-order valence-electron chi connectivity index (χ1n) is 8.45. The highest BCUT2D eigenvalue weighted by atomic mass is 16.2. The Labute approximate surface area is 123 Å². The molecule has 2 saturated heterocycles. The summed E-state index contributed by atoms with van der Waals surface area (Å²) in [6.07, 6.45) is 6.96. The molecular formula is C16H31N3O. The van der Waals surface area contributed by atoms with E-state index in [4.69, 9.17) is 0 Å². The normalized spacial score (nSPS) is 29.3. The minimum Gasteiger partial charge on any atom is -0.352 e. The Morgan fingerprint density at radius 3 is 2.70 bits per heavy atom. The van der Waals surface area contributed by atoms with Crippen LogP contribution >= 0.6 is 0 Å². The smallest absolute Gasteiger partial charge is 0.237 e. The molecule has 2 rings (SSSR count). The SMILES string of the molecule is CCCCN1CCC(NC(=O)C2CC(C)CCN2)CC1. The fourth-order valence-electron chi connectivity index (χ4n) is 3.29. The number of unbranched alkanes of at least 4 members (excludes halogenated alkanes) is 1. The van der Waals surface area contributed by atoms with Gasteiger partial charge in [-0.1, -0.05) is 20.3 Å². The van der Waals surface area contributed by atoms with Crippen molar-refractivity contribution >= 4 is 5.91 Å². The Kier molecular flexibility index (Phi) is 6.30. The zero-order valence-corrected chi connectivity index (χ0v) is 13.2. The Morgan fingerprint density at radius 1 is 1.30 bits per heavy atom. The third kappa shape index (κ3) is 4.74. The van der Waals surface area contributed by atoms with Gasteiger partial charge in [-0.15, -0.1) is 0 Å². The van der Waals surface area contributed by atoms with Crippen LogP contribution in [0.4, 0.5) is 0 Å². The van der Waals surface area contributed by atoms with E-state index in [0.717, 1.165) is 38.9 Å². The average Bonchev–Trinajstić information content (AvgIpc) is 2.46. The number of amides is 1. The van der Waals surface area contributed by atoms with Crippen molar-refractivity contribution in [3.8, 4) is 0 Å². The second-order valence-electron chi connectivity index (χ2n) is 6.61. The molecule has 0 aliphatic carbocycles. The van der Waals surface area contributed by atoms with E-state index in [9.17, 15) is 4.79 Å². The molecule has 2 unspecified atom stereocenters. The Balaban J connectivity index is 1.68. The van der Waals surface area contributed by atoms with Gasteiger partial charge in [0.15, 0.2) is 0 Å². The molecule has 2 aliphatic rings. The molecule has 0 radical (unpaired) electrons. The minimum absolute atomic E-state index is 0.0388. The number of hydrogen-bond acceptors (Lipinski definition) is 3. The first-order chi connectivity index (χ1) is 9.69. The van der Waals surface area contributed by atoms with Crippen molar-refractivity contribution in [2.75, 3.05) is 26.2 Å². The first-order valence-corrected chi connectivity index (χ1v) is 8.45. The Bertz CT molecular complexity index is 300. The molecular weight excluding hydrogens is 250 g/mol. The predicted molar refractivity (Wildman–Crippen MR) is 82.7 cm³/mol. The highest BCUT2D eigenvalue weighted by molar-refractivity contribution is 5.82. The van der Waals surface area contributed by atoms with Gasteiger partial charge in [-0.2, -0.15) is 0 Å². The third-order valence-electron chi connectivity index (χ3n) is 4.74. The largest absolute Gasteiger partial charge is 0.352 e. The molecule has 2 aliphatic heterocycles. The molecule has 2 N–H and O–H groups in total. The summed E-state index contributed by atoms with van der Waals surface area (Å²) in [4.78, 5) is 14.8. The molecule has 0 aromatic carbocycles. The van der Waals surface area contributed by atoms with Crippen molar-refractivity contribution in [2.24, 2.45) is 5.92 Å². The topological polar surface area (TPSA) is 44.4 Å². The molecule has 0 bridgehead atoms. The molecule has 2 fully saturated rings.